The molecule has 2 aromatic carbocycles. The summed E-state index contributed by atoms with van der Waals surface area (Å²) in [6, 6.07) is 7.20. The summed E-state index contributed by atoms with van der Waals surface area (Å²) in [6.45, 7) is 3.15. The van der Waals surface area contributed by atoms with E-state index in [1.54, 1.807) is 6.07 Å². The molecule has 0 aliphatic rings. The molecule has 0 fully saturated rings. The van der Waals surface area contributed by atoms with Crippen molar-refractivity contribution >= 4 is 33.2 Å². The number of hydrogen-bond acceptors (Lipinski definition) is 4. The van der Waals surface area contributed by atoms with Gasteiger partial charge in [0.25, 0.3) is 0 Å². The van der Waals surface area contributed by atoms with Crippen LogP contribution in [0.5, 0.6) is 5.75 Å². The monoisotopic (exact) mass is 478 g/mol. The molecule has 1 amide bonds. The number of carbonyl (C=O) groups is 1. The summed E-state index contributed by atoms with van der Waals surface area (Å²) in [6.07, 6.45) is -4.62. The van der Waals surface area contributed by atoms with E-state index in [2.05, 4.69) is 5.32 Å². The van der Waals surface area contributed by atoms with E-state index in [0.29, 0.717) is 6.07 Å². The van der Waals surface area contributed by atoms with Crippen molar-refractivity contribution in [2.45, 2.75) is 30.8 Å². The molecule has 2 aromatic rings. The Morgan fingerprint density at radius 1 is 1.19 bits per heavy atom. The molecule has 0 aliphatic heterocycles. The third kappa shape index (κ3) is 5.90. The number of rotatable bonds is 7. The van der Waals surface area contributed by atoms with Gasteiger partial charge in [0.1, 0.15) is 10.6 Å². The van der Waals surface area contributed by atoms with E-state index < -0.39 is 34.2 Å². The molecule has 0 bridgehead atoms. The molecule has 31 heavy (non-hydrogen) atoms. The van der Waals surface area contributed by atoms with E-state index in [1.807, 2.05) is 13.8 Å². The van der Waals surface area contributed by atoms with Crippen molar-refractivity contribution in [3.05, 3.63) is 52.5 Å². The average Bonchev–Trinajstić information content (AvgIpc) is 2.67. The van der Waals surface area contributed by atoms with Gasteiger partial charge in [-0.05, 0) is 41.8 Å². The molecule has 0 heterocycles. The molecule has 0 radical (unpaired) electrons. The van der Waals surface area contributed by atoms with Gasteiger partial charge in [-0.2, -0.15) is 17.5 Å². The molecule has 0 saturated carbocycles. The van der Waals surface area contributed by atoms with E-state index in [1.165, 1.54) is 26.3 Å². The summed E-state index contributed by atoms with van der Waals surface area (Å²) in [4.78, 5) is 12.2. The SMILES string of the molecule is COc1ccc(C(C)C)cc1S(=O)(=O)N(C)CC(=O)Nc1cc(C(F)(F)F)ccc1Cl. The fourth-order valence-electron chi connectivity index (χ4n) is 2.70. The highest BCUT2D eigenvalue weighted by Gasteiger charge is 2.31. The molecular weight excluding hydrogens is 457 g/mol. The summed E-state index contributed by atoms with van der Waals surface area (Å²) in [7, 11) is -1.62. The predicted octanol–water partition coefficient (Wildman–Crippen LogP) is 4.75. The van der Waals surface area contributed by atoms with Gasteiger partial charge in [-0.1, -0.05) is 31.5 Å². The lowest BCUT2D eigenvalue weighted by Crippen LogP contribution is -2.35. The van der Waals surface area contributed by atoms with Crippen molar-refractivity contribution in [2.24, 2.45) is 0 Å². The fourth-order valence-corrected chi connectivity index (χ4v) is 4.17. The van der Waals surface area contributed by atoms with Gasteiger partial charge in [0, 0.05) is 7.05 Å². The zero-order chi connectivity index (χ0) is 23.6. The van der Waals surface area contributed by atoms with Crippen LogP contribution < -0.4 is 10.1 Å². The second kappa shape index (κ2) is 9.46. The van der Waals surface area contributed by atoms with Gasteiger partial charge in [-0.25, -0.2) is 8.42 Å². The maximum Gasteiger partial charge on any atom is 0.416 e. The van der Waals surface area contributed by atoms with Crippen LogP contribution in [0.2, 0.25) is 5.02 Å². The minimum absolute atomic E-state index is 0.0523. The van der Waals surface area contributed by atoms with Crippen LogP contribution in [0.15, 0.2) is 41.3 Å². The summed E-state index contributed by atoms with van der Waals surface area (Å²) < 4.78 is 70.7. The molecule has 0 atom stereocenters. The lowest BCUT2D eigenvalue weighted by molar-refractivity contribution is -0.137. The van der Waals surface area contributed by atoms with Gasteiger partial charge < -0.3 is 10.1 Å². The maximum atomic E-state index is 13.0. The number of hydrogen-bond donors (Lipinski definition) is 1. The first kappa shape index (κ1) is 25.0. The molecule has 2 rings (SSSR count). The van der Waals surface area contributed by atoms with Crippen LogP contribution in [-0.2, 0) is 21.0 Å². The van der Waals surface area contributed by atoms with E-state index in [0.717, 1.165) is 22.0 Å². The van der Waals surface area contributed by atoms with Gasteiger partial charge >= 0.3 is 6.18 Å². The smallest absolute Gasteiger partial charge is 0.416 e. The van der Waals surface area contributed by atoms with Crippen molar-refractivity contribution < 1.29 is 31.1 Å². The van der Waals surface area contributed by atoms with Gasteiger partial charge in [-0.3, -0.25) is 4.79 Å². The van der Waals surface area contributed by atoms with E-state index in [4.69, 9.17) is 16.3 Å². The van der Waals surface area contributed by atoms with Crippen molar-refractivity contribution in [1.82, 2.24) is 4.31 Å². The number of ether oxygens (including phenoxy) is 1. The first-order chi connectivity index (χ1) is 14.3. The molecule has 11 heteroatoms. The number of nitrogens with one attached hydrogen (secondary N) is 1. The number of nitrogens with zero attached hydrogens (tertiary/aromatic N) is 1. The first-order valence-electron chi connectivity index (χ1n) is 9.08. The topological polar surface area (TPSA) is 75.7 Å². The Morgan fingerprint density at radius 2 is 1.84 bits per heavy atom. The van der Waals surface area contributed by atoms with Crippen LogP contribution in [-0.4, -0.2) is 39.3 Å². The number of anilines is 1. The number of benzene rings is 2. The molecule has 1 N–H and O–H groups in total. The van der Waals surface area contributed by atoms with Crippen molar-refractivity contribution in [2.75, 3.05) is 26.0 Å². The number of carbonyl (C=O) groups excluding carboxylic acids is 1. The largest absolute Gasteiger partial charge is 0.495 e. The Morgan fingerprint density at radius 3 is 2.39 bits per heavy atom. The minimum Gasteiger partial charge on any atom is -0.495 e. The molecule has 0 spiro atoms. The van der Waals surface area contributed by atoms with Crippen LogP contribution in [0.4, 0.5) is 18.9 Å². The Bertz CT molecular complexity index is 1070. The quantitative estimate of drug-likeness (QED) is 0.623. The normalized spacial score (nSPS) is 12.3. The second-order valence-electron chi connectivity index (χ2n) is 7.07. The first-order valence-corrected chi connectivity index (χ1v) is 10.9. The molecule has 0 aromatic heterocycles. The summed E-state index contributed by atoms with van der Waals surface area (Å²) in [5.74, 6) is -0.694. The Kier molecular flexibility index (Phi) is 7.61. The zero-order valence-corrected chi connectivity index (χ0v) is 18.8. The summed E-state index contributed by atoms with van der Waals surface area (Å²) in [5, 5.41) is 2.11. The Hall–Kier alpha value is -2.30. The van der Waals surface area contributed by atoms with Crippen LogP contribution in [0.1, 0.15) is 30.9 Å². The number of sulfonamides is 1. The third-order valence-electron chi connectivity index (χ3n) is 4.48. The lowest BCUT2D eigenvalue weighted by Gasteiger charge is -2.20. The number of halogens is 4. The third-order valence-corrected chi connectivity index (χ3v) is 6.63. The van der Waals surface area contributed by atoms with Crippen molar-refractivity contribution in [1.29, 1.82) is 0 Å². The standard InChI is InChI=1S/C20H22ClF3N2O4S/c1-12(2)13-5-8-17(30-4)18(9-13)31(28,29)26(3)11-19(27)25-16-10-14(20(22,23)24)6-7-15(16)21/h5-10,12H,11H2,1-4H3,(H,25,27). The molecule has 0 saturated heterocycles. The van der Waals surface area contributed by atoms with Gasteiger partial charge in [0.05, 0.1) is 29.9 Å². The fraction of sp³-hybridized carbons (Fsp3) is 0.350. The zero-order valence-electron chi connectivity index (χ0n) is 17.2. The molecular formula is C20H22ClF3N2O4S. The predicted molar refractivity (Wildman–Crippen MR) is 112 cm³/mol. The summed E-state index contributed by atoms with van der Waals surface area (Å²) in [5.41, 5.74) is -0.511. The second-order valence-corrected chi connectivity index (χ2v) is 9.49. The van der Waals surface area contributed by atoms with Crippen molar-refractivity contribution in [3.63, 3.8) is 0 Å². The number of amides is 1. The molecule has 0 aliphatic carbocycles. The van der Waals surface area contributed by atoms with E-state index in [-0.39, 0.29) is 27.3 Å². The van der Waals surface area contributed by atoms with Gasteiger partial charge in [0.15, 0.2) is 0 Å². The average molecular weight is 479 g/mol. The van der Waals surface area contributed by atoms with Crippen molar-refractivity contribution in [3.8, 4) is 5.75 Å². The Labute approximate surface area is 184 Å². The highest BCUT2D eigenvalue weighted by atomic mass is 35.5. The molecule has 170 valence electrons. The lowest BCUT2D eigenvalue weighted by atomic mass is 10.0. The van der Waals surface area contributed by atoms with Crippen LogP contribution >= 0.6 is 11.6 Å². The number of likely N-dealkylation sites (N-methyl/N-ethyl adjacent to an activating group) is 1. The highest BCUT2D eigenvalue weighted by Crippen LogP contribution is 2.34. The van der Waals surface area contributed by atoms with Gasteiger partial charge in [-0.15, -0.1) is 0 Å². The maximum absolute atomic E-state index is 13.0. The molecule has 6 nitrogen and oxygen atoms in total. The minimum atomic E-state index is -4.62. The number of methoxy groups -OCH3 is 1. The molecule has 0 unspecified atom stereocenters. The van der Waals surface area contributed by atoms with Gasteiger partial charge in [0.2, 0.25) is 15.9 Å². The number of alkyl halides is 3. The van der Waals surface area contributed by atoms with Crippen LogP contribution in [0.25, 0.3) is 0 Å². The Balaban J connectivity index is 2.26. The van der Waals surface area contributed by atoms with Crippen LogP contribution in [0, 0.1) is 0 Å². The summed E-state index contributed by atoms with van der Waals surface area (Å²) >= 11 is 5.87. The van der Waals surface area contributed by atoms with E-state index in [9.17, 15) is 26.4 Å². The van der Waals surface area contributed by atoms with Crippen LogP contribution in [0.3, 0.4) is 0 Å². The highest BCUT2D eigenvalue weighted by molar-refractivity contribution is 7.89. The van der Waals surface area contributed by atoms with E-state index >= 15 is 0 Å².